The van der Waals surface area contributed by atoms with Gasteiger partial charge in [0.1, 0.15) is 12.4 Å². The average Bonchev–Trinajstić information content (AvgIpc) is 2.72. The molecule has 1 N–H and O–H groups in total. The van der Waals surface area contributed by atoms with E-state index in [1.54, 1.807) is 30.3 Å². The van der Waals surface area contributed by atoms with E-state index in [-0.39, 0.29) is 5.69 Å². The van der Waals surface area contributed by atoms with Crippen LogP contribution in [0.4, 0.5) is 18.9 Å². The Morgan fingerprint density at radius 3 is 2.34 bits per heavy atom. The van der Waals surface area contributed by atoms with Gasteiger partial charge in [-0.2, -0.15) is 13.2 Å². The van der Waals surface area contributed by atoms with Gasteiger partial charge in [0, 0.05) is 11.8 Å². The average molecular weight is 397 g/mol. The van der Waals surface area contributed by atoms with Crippen molar-refractivity contribution < 1.29 is 22.7 Å². The standard InChI is InChI=1S/C23H18F3NO2/c24-23(25,26)19-7-4-8-20(15-19)27-22(28)14-11-17-9-12-21(13-10-17)29-16-18-5-2-1-3-6-18/h1-15H,16H2,(H,27,28)/b14-11+. The molecule has 3 rings (SSSR count). The third kappa shape index (κ3) is 6.24. The van der Waals surface area contributed by atoms with Crippen LogP contribution in [0.25, 0.3) is 6.08 Å². The summed E-state index contributed by atoms with van der Waals surface area (Å²) in [4.78, 5) is 12.0. The lowest BCUT2D eigenvalue weighted by atomic mass is 10.2. The maximum atomic E-state index is 12.7. The largest absolute Gasteiger partial charge is 0.489 e. The van der Waals surface area contributed by atoms with Crippen molar-refractivity contribution in [2.75, 3.05) is 5.32 Å². The van der Waals surface area contributed by atoms with Crippen molar-refractivity contribution in [2.45, 2.75) is 12.8 Å². The Labute approximate surface area is 166 Å². The number of halogens is 3. The van der Waals surface area contributed by atoms with Crippen LogP contribution in [0.3, 0.4) is 0 Å². The van der Waals surface area contributed by atoms with E-state index in [9.17, 15) is 18.0 Å². The second-order valence-electron chi connectivity index (χ2n) is 6.24. The minimum absolute atomic E-state index is 0.0825. The molecule has 0 atom stereocenters. The van der Waals surface area contributed by atoms with Gasteiger partial charge >= 0.3 is 6.18 Å². The molecule has 29 heavy (non-hydrogen) atoms. The van der Waals surface area contributed by atoms with Gasteiger partial charge in [-0.25, -0.2) is 0 Å². The van der Waals surface area contributed by atoms with Crippen molar-refractivity contribution in [2.24, 2.45) is 0 Å². The van der Waals surface area contributed by atoms with E-state index in [1.807, 2.05) is 30.3 Å². The van der Waals surface area contributed by atoms with Gasteiger partial charge in [-0.15, -0.1) is 0 Å². The summed E-state index contributed by atoms with van der Waals surface area (Å²) < 4.78 is 43.9. The molecule has 0 heterocycles. The Morgan fingerprint density at radius 2 is 1.66 bits per heavy atom. The van der Waals surface area contributed by atoms with E-state index in [1.165, 1.54) is 18.2 Å². The Kier molecular flexibility index (Phi) is 6.34. The molecule has 0 radical (unpaired) electrons. The molecule has 3 aromatic rings. The number of ether oxygens (including phenoxy) is 1. The van der Waals surface area contributed by atoms with Crippen LogP contribution in [0.15, 0.2) is 84.9 Å². The predicted molar refractivity (Wildman–Crippen MR) is 106 cm³/mol. The monoisotopic (exact) mass is 397 g/mol. The number of benzene rings is 3. The molecule has 3 aromatic carbocycles. The van der Waals surface area contributed by atoms with E-state index < -0.39 is 17.6 Å². The van der Waals surface area contributed by atoms with E-state index >= 15 is 0 Å². The van der Waals surface area contributed by atoms with Crippen LogP contribution in [0.2, 0.25) is 0 Å². The summed E-state index contributed by atoms with van der Waals surface area (Å²) >= 11 is 0. The van der Waals surface area contributed by atoms with Crippen molar-refractivity contribution in [1.82, 2.24) is 0 Å². The SMILES string of the molecule is O=C(/C=C/c1ccc(OCc2ccccc2)cc1)Nc1cccc(C(F)(F)F)c1. The Morgan fingerprint density at radius 1 is 0.931 bits per heavy atom. The number of carbonyl (C=O) groups excluding carboxylic acids is 1. The zero-order valence-corrected chi connectivity index (χ0v) is 15.3. The molecule has 0 saturated carbocycles. The number of amides is 1. The number of hydrogen-bond acceptors (Lipinski definition) is 2. The van der Waals surface area contributed by atoms with Crippen LogP contribution < -0.4 is 10.1 Å². The second-order valence-corrected chi connectivity index (χ2v) is 6.24. The molecule has 6 heteroatoms. The summed E-state index contributed by atoms with van der Waals surface area (Å²) in [6.45, 7) is 0.454. The lowest BCUT2D eigenvalue weighted by Crippen LogP contribution is -2.10. The molecule has 0 aliphatic heterocycles. The Bertz CT molecular complexity index is 981. The summed E-state index contributed by atoms with van der Waals surface area (Å²) in [6.07, 6.45) is -1.62. The van der Waals surface area contributed by atoms with Crippen LogP contribution in [0.5, 0.6) is 5.75 Å². The fraction of sp³-hybridized carbons (Fsp3) is 0.0870. The third-order valence-corrected chi connectivity index (χ3v) is 4.01. The van der Waals surface area contributed by atoms with Gasteiger partial charge in [0.2, 0.25) is 5.91 Å². The van der Waals surface area contributed by atoms with Gasteiger partial charge < -0.3 is 10.1 Å². The molecule has 0 aliphatic rings. The minimum atomic E-state index is -4.46. The van der Waals surface area contributed by atoms with Gasteiger partial charge in [-0.1, -0.05) is 48.5 Å². The maximum absolute atomic E-state index is 12.7. The predicted octanol–water partition coefficient (Wildman–Crippen LogP) is 5.94. The van der Waals surface area contributed by atoms with E-state index in [0.717, 1.165) is 23.3 Å². The van der Waals surface area contributed by atoms with Gasteiger partial charge in [0.15, 0.2) is 0 Å². The molecule has 0 unspecified atom stereocenters. The van der Waals surface area contributed by atoms with E-state index in [2.05, 4.69) is 5.32 Å². The molecular weight excluding hydrogens is 379 g/mol. The number of nitrogens with one attached hydrogen (secondary N) is 1. The van der Waals surface area contributed by atoms with Crippen LogP contribution in [-0.2, 0) is 17.6 Å². The lowest BCUT2D eigenvalue weighted by molar-refractivity contribution is -0.137. The van der Waals surface area contributed by atoms with Gasteiger partial charge in [-0.05, 0) is 47.5 Å². The summed E-state index contributed by atoms with van der Waals surface area (Å²) in [5.74, 6) is 0.174. The van der Waals surface area contributed by atoms with E-state index in [4.69, 9.17) is 4.74 Å². The first-order valence-electron chi connectivity index (χ1n) is 8.83. The highest BCUT2D eigenvalue weighted by atomic mass is 19.4. The third-order valence-electron chi connectivity index (χ3n) is 4.01. The molecule has 0 saturated heterocycles. The summed E-state index contributed by atoms with van der Waals surface area (Å²) in [7, 11) is 0. The van der Waals surface area contributed by atoms with Crippen LogP contribution in [-0.4, -0.2) is 5.91 Å². The molecule has 1 amide bonds. The number of anilines is 1. The van der Waals surface area contributed by atoms with Gasteiger partial charge in [0.25, 0.3) is 0 Å². The first-order chi connectivity index (χ1) is 13.9. The quantitative estimate of drug-likeness (QED) is 0.523. The normalized spacial score (nSPS) is 11.4. The molecule has 0 aromatic heterocycles. The molecule has 0 fully saturated rings. The highest BCUT2D eigenvalue weighted by molar-refractivity contribution is 6.01. The zero-order valence-electron chi connectivity index (χ0n) is 15.3. The van der Waals surface area contributed by atoms with Crippen LogP contribution in [0.1, 0.15) is 16.7 Å². The van der Waals surface area contributed by atoms with Crippen LogP contribution in [0, 0.1) is 0 Å². The summed E-state index contributed by atoms with van der Waals surface area (Å²) in [5.41, 5.74) is 1.09. The van der Waals surface area contributed by atoms with Crippen molar-refractivity contribution in [3.63, 3.8) is 0 Å². The van der Waals surface area contributed by atoms with Crippen molar-refractivity contribution in [3.8, 4) is 5.75 Å². The Balaban J connectivity index is 1.55. The maximum Gasteiger partial charge on any atom is 0.416 e. The van der Waals surface area contributed by atoms with E-state index in [0.29, 0.717) is 12.4 Å². The Hall–Kier alpha value is -3.54. The molecule has 0 bridgehead atoms. The molecular formula is C23H18F3NO2. The topological polar surface area (TPSA) is 38.3 Å². The first kappa shape index (κ1) is 20.2. The number of rotatable bonds is 6. The second kappa shape index (κ2) is 9.10. The summed E-state index contributed by atoms with van der Waals surface area (Å²) in [5, 5.41) is 2.42. The van der Waals surface area contributed by atoms with Crippen molar-refractivity contribution in [1.29, 1.82) is 0 Å². The van der Waals surface area contributed by atoms with Crippen LogP contribution >= 0.6 is 0 Å². The zero-order chi connectivity index (χ0) is 20.7. The number of carbonyl (C=O) groups is 1. The first-order valence-corrected chi connectivity index (χ1v) is 8.83. The van der Waals surface area contributed by atoms with Gasteiger partial charge in [0.05, 0.1) is 5.56 Å². The van der Waals surface area contributed by atoms with Crippen molar-refractivity contribution in [3.05, 3.63) is 102 Å². The minimum Gasteiger partial charge on any atom is -0.489 e. The number of hydrogen-bond donors (Lipinski definition) is 1. The fourth-order valence-electron chi connectivity index (χ4n) is 2.55. The summed E-state index contributed by atoms with van der Waals surface area (Å²) in [6, 6.07) is 21.4. The highest BCUT2D eigenvalue weighted by Gasteiger charge is 2.30. The molecule has 0 aliphatic carbocycles. The number of alkyl halides is 3. The molecule has 0 spiro atoms. The lowest BCUT2D eigenvalue weighted by Gasteiger charge is -2.08. The van der Waals surface area contributed by atoms with Crippen molar-refractivity contribution >= 4 is 17.7 Å². The molecule has 3 nitrogen and oxygen atoms in total. The highest BCUT2D eigenvalue weighted by Crippen LogP contribution is 2.30. The smallest absolute Gasteiger partial charge is 0.416 e. The fourth-order valence-corrected chi connectivity index (χ4v) is 2.55. The molecule has 148 valence electrons. The van der Waals surface area contributed by atoms with Gasteiger partial charge in [-0.3, -0.25) is 4.79 Å².